The zero-order valence-corrected chi connectivity index (χ0v) is 18.6. The Balaban J connectivity index is 1.56. The number of rotatable bonds is 8. The highest BCUT2D eigenvalue weighted by Gasteiger charge is 2.44. The fourth-order valence-electron chi connectivity index (χ4n) is 3.48. The fourth-order valence-corrected chi connectivity index (χ4v) is 3.48. The number of amides is 1. The van der Waals surface area contributed by atoms with Gasteiger partial charge < -0.3 is 9.47 Å². The van der Waals surface area contributed by atoms with Crippen LogP contribution in [0.3, 0.4) is 0 Å². The molecule has 0 aromatic heterocycles. The molecule has 1 amide bonds. The molecule has 0 heterocycles. The summed E-state index contributed by atoms with van der Waals surface area (Å²) >= 11 is 0. The van der Waals surface area contributed by atoms with Crippen molar-refractivity contribution in [2.45, 2.75) is 52.4 Å². The van der Waals surface area contributed by atoms with Crippen LogP contribution in [0.15, 0.2) is 47.6 Å². The Morgan fingerprint density at radius 1 is 1.07 bits per heavy atom. The molecule has 1 N–H and O–H groups in total. The van der Waals surface area contributed by atoms with E-state index in [4.69, 9.17) is 9.47 Å². The minimum Gasteiger partial charge on any atom is -0.490 e. The van der Waals surface area contributed by atoms with Gasteiger partial charge in [-0.25, -0.2) is 5.43 Å². The molecule has 30 heavy (non-hydrogen) atoms. The van der Waals surface area contributed by atoms with E-state index in [1.165, 1.54) is 11.1 Å². The highest BCUT2D eigenvalue weighted by Crippen LogP contribution is 2.47. The monoisotopic (exact) mass is 408 g/mol. The van der Waals surface area contributed by atoms with Gasteiger partial charge in [0.05, 0.1) is 19.4 Å². The summed E-state index contributed by atoms with van der Waals surface area (Å²) < 4.78 is 11.2. The Morgan fingerprint density at radius 3 is 2.37 bits per heavy atom. The van der Waals surface area contributed by atoms with E-state index in [1.807, 2.05) is 32.0 Å². The molecule has 1 aliphatic rings. The summed E-state index contributed by atoms with van der Waals surface area (Å²) in [6, 6.07) is 14.2. The van der Waals surface area contributed by atoms with Crippen molar-refractivity contribution in [1.82, 2.24) is 5.43 Å². The Labute approximate surface area is 179 Å². The molecular formula is C25H32N2O3. The first-order valence-corrected chi connectivity index (χ1v) is 10.7. The van der Waals surface area contributed by atoms with Crippen molar-refractivity contribution < 1.29 is 14.3 Å². The zero-order chi connectivity index (χ0) is 21.7. The second-order valence-corrected chi connectivity index (χ2v) is 8.63. The van der Waals surface area contributed by atoms with Crippen LogP contribution in [0, 0.1) is 5.92 Å². The van der Waals surface area contributed by atoms with E-state index in [1.54, 1.807) is 6.21 Å². The van der Waals surface area contributed by atoms with Gasteiger partial charge in [0.15, 0.2) is 11.5 Å². The standard InChI is InChI=1S/C25H32N2O3/c1-6-29-22-13-8-17(14-23(22)30-7-2)16-26-27-24(28)21-15-20(21)18-9-11-19(12-10-18)25(3,4)5/h8-14,16,20-21H,6-7,15H2,1-5H3,(H,27,28)/t20-,21-/m0/s1. The Kier molecular flexibility index (Phi) is 6.80. The predicted molar refractivity (Wildman–Crippen MR) is 121 cm³/mol. The summed E-state index contributed by atoms with van der Waals surface area (Å²) in [6.45, 7) is 11.6. The number of hydrogen-bond acceptors (Lipinski definition) is 4. The minimum absolute atomic E-state index is 0.0121. The molecule has 5 heteroatoms. The normalized spacial score (nSPS) is 18.3. The molecule has 0 spiro atoms. The van der Waals surface area contributed by atoms with Gasteiger partial charge in [-0.15, -0.1) is 0 Å². The van der Waals surface area contributed by atoms with E-state index in [2.05, 4.69) is 55.6 Å². The highest BCUT2D eigenvalue weighted by molar-refractivity contribution is 5.86. The van der Waals surface area contributed by atoms with Crippen LogP contribution in [0.2, 0.25) is 0 Å². The molecule has 2 aromatic carbocycles. The number of nitrogens with zero attached hydrogens (tertiary/aromatic N) is 1. The van der Waals surface area contributed by atoms with Crippen molar-refractivity contribution in [2.24, 2.45) is 11.0 Å². The van der Waals surface area contributed by atoms with Gasteiger partial charge in [0.25, 0.3) is 0 Å². The van der Waals surface area contributed by atoms with Crippen molar-refractivity contribution in [2.75, 3.05) is 13.2 Å². The maximum atomic E-state index is 12.4. The van der Waals surface area contributed by atoms with Gasteiger partial charge in [0.1, 0.15) is 0 Å². The van der Waals surface area contributed by atoms with Crippen LogP contribution in [0.4, 0.5) is 0 Å². The molecule has 0 radical (unpaired) electrons. The fraction of sp³-hybridized carbons (Fsp3) is 0.440. The van der Waals surface area contributed by atoms with Crippen LogP contribution in [0.25, 0.3) is 0 Å². The number of carbonyl (C=O) groups is 1. The maximum absolute atomic E-state index is 12.4. The molecule has 0 saturated heterocycles. The lowest BCUT2D eigenvalue weighted by atomic mass is 9.86. The SMILES string of the molecule is CCOc1ccc(C=NNC(=O)[C@H]2C[C@H]2c2ccc(C(C)(C)C)cc2)cc1OCC. The van der Waals surface area contributed by atoms with Crippen molar-refractivity contribution >= 4 is 12.1 Å². The average Bonchev–Trinajstić information content (AvgIpc) is 3.51. The smallest absolute Gasteiger partial charge is 0.243 e. The number of hydrogen-bond donors (Lipinski definition) is 1. The first kappa shape index (κ1) is 21.9. The highest BCUT2D eigenvalue weighted by atomic mass is 16.5. The molecule has 2 atom stereocenters. The Morgan fingerprint density at radius 2 is 1.73 bits per heavy atom. The summed E-state index contributed by atoms with van der Waals surface area (Å²) in [4.78, 5) is 12.4. The molecule has 2 aromatic rings. The second-order valence-electron chi connectivity index (χ2n) is 8.63. The van der Waals surface area contributed by atoms with E-state index >= 15 is 0 Å². The largest absolute Gasteiger partial charge is 0.490 e. The van der Waals surface area contributed by atoms with Gasteiger partial charge in [-0.3, -0.25) is 4.79 Å². The first-order valence-electron chi connectivity index (χ1n) is 10.7. The van der Waals surface area contributed by atoms with E-state index in [9.17, 15) is 4.79 Å². The molecular weight excluding hydrogens is 376 g/mol. The van der Waals surface area contributed by atoms with Crippen LogP contribution >= 0.6 is 0 Å². The van der Waals surface area contributed by atoms with Crippen LogP contribution in [0.5, 0.6) is 11.5 Å². The van der Waals surface area contributed by atoms with Gasteiger partial charge in [0, 0.05) is 5.92 Å². The first-order chi connectivity index (χ1) is 14.3. The van der Waals surface area contributed by atoms with Crippen molar-refractivity contribution in [1.29, 1.82) is 0 Å². The molecule has 160 valence electrons. The van der Waals surface area contributed by atoms with Gasteiger partial charge in [-0.05, 0) is 66.5 Å². The summed E-state index contributed by atoms with van der Waals surface area (Å²) in [7, 11) is 0. The predicted octanol–water partition coefficient (Wildman–Crippen LogP) is 5.04. The van der Waals surface area contributed by atoms with Crippen LogP contribution < -0.4 is 14.9 Å². The average molecular weight is 409 g/mol. The Bertz CT molecular complexity index is 898. The zero-order valence-electron chi connectivity index (χ0n) is 18.6. The van der Waals surface area contributed by atoms with E-state index in [0.29, 0.717) is 24.7 Å². The lowest BCUT2D eigenvalue weighted by molar-refractivity contribution is -0.122. The molecule has 1 saturated carbocycles. The van der Waals surface area contributed by atoms with Gasteiger partial charge in [0.2, 0.25) is 5.91 Å². The number of carbonyl (C=O) groups excluding carboxylic acids is 1. The Hall–Kier alpha value is -2.82. The summed E-state index contributed by atoms with van der Waals surface area (Å²) in [5.74, 6) is 1.62. The summed E-state index contributed by atoms with van der Waals surface area (Å²) in [5, 5.41) is 4.13. The molecule has 5 nitrogen and oxygen atoms in total. The quantitative estimate of drug-likeness (QED) is 0.492. The van der Waals surface area contributed by atoms with Gasteiger partial charge in [-0.2, -0.15) is 5.10 Å². The number of nitrogens with one attached hydrogen (secondary N) is 1. The maximum Gasteiger partial charge on any atom is 0.243 e. The molecule has 0 bridgehead atoms. The molecule has 1 fully saturated rings. The lowest BCUT2D eigenvalue weighted by Crippen LogP contribution is -2.20. The third-order valence-corrected chi connectivity index (χ3v) is 5.29. The molecule has 0 aliphatic heterocycles. The third kappa shape index (κ3) is 5.41. The van der Waals surface area contributed by atoms with E-state index < -0.39 is 0 Å². The van der Waals surface area contributed by atoms with Gasteiger partial charge >= 0.3 is 0 Å². The van der Waals surface area contributed by atoms with E-state index in [0.717, 1.165) is 12.0 Å². The topological polar surface area (TPSA) is 59.9 Å². The van der Waals surface area contributed by atoms with Crippen molar-refractivity contribution in [3.63, 3.8) is 0 Å². The molecule has 1 aliphatic carbocycles. The van der Waals surface area contributed by atoms with Gasteiger partial charge in [-0.1, -0.05) is 45.0 Å². The number of hydrazone groups is 1. The van der Waals surface area contributed by atoms with E-state index in [-0.39, 0.29) is 23.2 Å². The lowest BCUT2D eigenvalue weighted by Gasteiger charge is -2.19. The second kappa shape index (κ2) is 9.33. The third-order valence-electron chi connectivity index (χ3n) is 5.29. The van der Waals surface area contributed by atoms with Crippen molar-refractivity contribution in [3.8, 4) is 11.5 Å². The number of benzene rings is 2. The minimum atomic E-state index is -0.0351. The van der Waals surface area contributed by atoms with Crippen LogP contribution in [0.1, 0.15) is 63.6 Å². The number of ether oxygens (including phenoxy) is 2. The van der Waals surface area contributed by atoms with Crippen molar-refractivity contribution in [3.05, 3.63) is 59.2 Å². The molecule has 0 unspecified atom stereocenters. The van der Waals surface area contributed by atoms with Crippen LogP contribution in [-0.4, -0.2) is 25.3 Å². The summed E-state index contributed by atoms with van der Waals surface area (Å²) in [5.41, 5.74) is 6.18. The van der Waals surface area contributed by atoms with Crippen LogP contribution in [-0.2, 0) is 10.2 Å². The summed E-state index contributed by atoms with van der Waals surface area (Å²) in [6.07, 6.45) is 2.50. The molecule has 3 rings (SSSR count).